The zero-order valence-electron chi connectivity index (χ0n) is 8.61. The van der Waals surface area contributed by atoms with Crippen LogP contribution in [-0.4, -0.2) is 27.4 Å². The lowest BCUT2D eigenvalue weighted by Crippen LogP contribution is -2.28. The molecule has 0 radical (unpaired) electrons. The van der Waals surface area contributed by atoms with Crippen LogP contribution < -0.4 is 11.1 Å². The molecule has 0 aliphatic heterocycles. The summed E-state index contributed by atoms with van der Waals surface area (Å²) >= 11 is 0. The minimum atomic E-state index is -0.274. The van der Waals surface area contributed by atoms with Gasteiger partial charge in [-0.15, -0.1) is 5.10 Å². The van der Waals surface area contributed by atoms with Gasteiger partial charge in [-0.25, -0.2) is 4.68 Å². The van der Waals surface area contributed by atoms with Crippen molar-refractivity contribution in [2.75, 3.05) is 12.3 Å². The topological polar surface area (TPSA) is 85.8 Å². The van der Waals surface area contributed by atoms with Crippen LogP contribution in [0.3, 0.4) is 0 Å². The van der Waals surface area contributed by atoms with Gasteiger partial charge in [-0.1, -0.05) is 19.1 Å². The Hall–Kier alpha value is -1.59. The first-order valence-electron chi connectivity index (χ1n) is 4.45. The van der Waals surface area contributed by atoms with E-state index in [1.165, 1.54) is 4.68 Å². The summed E-state index contributed by atoms with van der Waals surface area (Å²) in [5.74, 6) is 0.410. The van der Waals surface area contributed by atoms with E-state index in [2.05, 4.69) is 15.6 Å². The lowest BCUT2D eigenvalue weighted by atomic mass is 10.2. The molecule has 3 N–H and O–H groups in total. The van der Waals surface area contributed by atoms with Gasteiger partial charge in [0.15, 0.2) is 11.5 Å². The number of nitrogens with two attached hydrogens (primary N) is 1. The number of amides is 1. The number of nitrogens with one attached hydrogen (secondary N) is 1. The van der Waals surface area contributed by atoms with Crippen molar-refractivity contribution >= 4 is 11.7 Å². The van der Waals surface area contributed by atoms with Crippen molar-refractivity contribution in [1.82, 2.24) is 20.3 Å². The van der Waals surface area contributed by atoms with Gasteiger partial charge in [-0.05, 0) is 5.92 Å². The molecule has 1 heterocycles. The minimum Gasteiger partial charge on any atom is -0.382 e. The molecule has 0 aliphatic rings. The fourth-order valence-corrected chi connectivity index (χ4v) is 0.907. The number of aryl methyl sites for hydroxylation is 1. The summed E-state index contributed by atoms with van der Waals surface area (Å²) < 4.78 is 1.37. The van der Waals surface area contributed by atoms with Crippen molar-refractivity contribution in [2.45, 2.75) is 13.8 Å². The molecule has 0 saturated heterocycles. The maximum absolute atomic E-state index is 11.5. The minimum absolute atomic E-state index is 0.188. The fraction of sp³-hybridized carbons (Fsp3) is 0.625. The average Bonchev–Trinajstić information content (AvgIpc) is 2.44. The number of hydrogen-bond acceptors (Lipinski definition) is 4. The summed E-state index contributed by atoms with van der Waals surface area (Å²) in [4.78, 5) is 11.5. The summed E-state index contributed by atoms with van der Waals surface area (Å²) in [7, 11) is 1.64. The van der Waals surface area contributed by atoms with E-state index in [1.54, 1.807) is 7.05 Å². The van der Waals surface area contributed by atoms with E-state index in [0.29, 0.717) is 12.5 Å². The smallest absolute Gasteiger partial charge is 0.275 e. The SMILES string of the molecule is CC(C)CNC(=O)c1nnn(C)c1N. The third-order valence-electron chi connectivity index (χ3n) is 1.76. The normalized spacial score (nSPS) is 10.6. The van der Waals surface area contributed by atoms with Gasteiger partial charge in [0.25, 0.3) is 5.91 Å². The predicted molar refractivity (Wildman–Crippen MR) is 52.6 cm³/mol. The monoisotopic (exact) mass is 197 g/mol. The molecule has 1 aromatic heterocycles. The van der Waals surface area contributed by atoms with Crippen LogP contribution in [0.2, 0.25) is 0 Å². The second-order valence-electron chi connectivity index (χ2n) is 3.55. The van der Waals surface area contributed by atoms with E-state index < -0.39 is 0 Å². The van der Waals surface area contributed by atoms with E-state index >= 15 is 0 Å². The van der Waals surface area contributed by atoms with Crippen molar-refractivity contribution in [3.05, 3.63) is 5.69 Å². The van der Waals surface area contributed by atoms with E-state index in [0.717, 1.165) is 0 Å². The molecular weight excluding hydrogens is 182 g/mol. The van der Waals surface area contributed by atoms with Gasteiger partial charge in [-0.3, -0.25) is 4.79 Å². The molecule has 0 unspecified atom stereocenters. The highest BCUT2D eigenvalue weighted by Crippen LogP contribution is 2.04. The first-order chi connectivity index (χ1) is 6.52. The number of carbonyl (C=O) groups excluding carboxylic acids is 1. The number of rotatable bonds is 3. The average molecular weight is 197 g/mol. The van der Waals surface area contributed by atoms with Crippen LogP contribution in [0.1, 0.15) is 24.3 Å². The first kappa shape index (κ1) is 10.5. The molecule has 6 nitrogen and oxygen atoms in total. The van der Waals surface area contributed by atoms with Crippen LogP contribution in [0, 0.1) is 5.92 Å². The van der Waals surface area contributed by atoms with Gasteiger partial charge in [0.1, 0.15) is 0 Å². The van der Waals surface area contributed by atoms with Gasteiger partial charge < -0.3 is 11.1 Å². The van der Waals surface area contributed by atoms with Crippen LogP contribution in [0.5, 0.6) is 0 Å². The van der Waals surface area contributed by atoms with Crippen LogP contribution in [-0.2, 0) is 7.05 Å². The molecule has 0 spiro atoms. The third-order valence-corrected chi connectivity index (χ3v) is 1.76. The van der Waals surface area contributed by atoms with Crippen molar-refractivity contribution in [1.29, 1.82) is 0 Å². The van der Waals surface area contributed by atoms with E-state index in [9.17, 15) is 4.79 Å². The lowest BCUT2D eigenvalue weighted by Gasteiger charge is -2.05. The number of nitrogen functional groups attached to an aromatic ring is 1. The summed E-state index contributed by atoms with van der Waals surface area (Å²) in [5.41, 5.74) is 5.78. The van der Waals surface area contributed by atoms with Crippen LogP contribution >= 0.6 is 0 Å². The van der Waals surface area contributed by atoms with Gasteiger partial charge in [0, 0.05) is 13.6 Å². The second kappa shape index (κ2) is 4.08. The Morgan fingerprint density at radius 2 is 2.29 bits per heavy atom. The quantitative estimate of drug-likeness (QED) is 0.701. The molecule has 0 bridgehead atoms. The van der Waals surface area contributed by atoms with Gasteiger partial charge >= 0.3 is 0 Å². The van der Waals surface area contributed by atoms with E-state index in [-0.39, 0.29) is 17.4 Å². The third kappa shape index (κ3) is 2.21. The summed E-state index contributed by atoms with van der Waals surface area (Å²) in [6.07, 6.45) is 0. The second-order valence-corrected chi connectivity index (χ2v) is 3.55. The molecule has 0 atom stereocenters. The van der Waals surface area contributed by atoms with Gasteiger partial charge in [0.2, 0.25) is 0 Å². The molecule has 1 aromatic rings. The molecule has 0 fully saturated rings. The largest absolute Gasteiger partial charge is 0.382 e. The molecule has 0 saturated carbocycles. The maximum Gasteiger partial charge on any atom is 0.275 e. The molecule has 1 amide bonds. The molecule has 0 aliphatic carbocycles. The molecule has 0 aromatic carbocycles. The molecular formula is C8H15N5O. The Bertz CT molecular complexity index is 330. The van der Waals surface area contributed by atoms with E-state index in [4.69, 9.17) is 5.73 Å². The first-order valence-corrected chi connectivity index (χ1v) is 4.45. The summed E-state index contributed by atoms with van der Waals surface area (Å²) in [6, 6.07) is 0. The van der Waals surface area contributed by atoms with Crippen LogP contribution in [0.25, 0.3) is 0 Å². The van der Waals surface area contributed by atoms with Crippen LogP contribution in [0.15, 0.2) is 0 Å². The Labute approximate surface area is 82.5 Å². The van der Waals surface area contributed by atoms with E-state index in [1.807, 2.05) is 13.8 Å². The zero-order chi connectivity index (χ0) is 10.7. The highest BCUT2D eigenvalue weighted by atomic mass is 16.2. The van der Waals surface area contributed by atoms with Crippen molar-refractivity contribution in [2.24, 2.45) is 13.0 Å². The van der Waals surface area contributed by atoms with Crippen molar-refractivity contribution < 1.29 is 4.79 Å². The van der Waals surface area contributed by atoms with Crippen LogP contribution in [0.4, 0.5) is 5.82 Å². The lowest BCUT2D eigenvalue weighted by molar-refractivity contribution is 0.0945. The summed E-state index contributed by atoms with van der Waals surface area (Å²) in [5, 5.41) is 10.0. The number of aromatic nitrogens is 3. The number of hydrogen-bond donors (Lipinski definition) is 2. The number of nitrogens with zero attached hydrogens (tertiary/aromatic N) is 3. The fourth-order valence-electron chi connectivity index (χ4n) is 0.907. The Balaban J connectivity index is 2.66. The molecule has 14 heavy (non-hydrogen) atoms. The Morgan fingerprint density at radius 3 is 2.71 bits per heavy atom. The predicted octanol–water partition coefficient (Wildman–Crippen LogP) is -0.217. The Kier molecular flexibility index (Phi) is 3.06. The van der Waals surface area contributed by atoms with Crippen molar-refractivity contribution in [3.8, 4) is 0 Å². The molecule has 1 rings (SSSR count). The number of carbonyl (C=O) groups is 1. The highest BCUT2D eigenvalue weighted by Gasteiger charge is 2.15. The van der Waals surface area contributed by atoms with Gasteiger partial charge in [0.05, 0.1) is 0 Å². The van der Waals surface area contributed by atoms with Gasteiger partial charge in [-0.2, -0.15) is 0 Å². The molecule has 78 valence electrons. The molecule has 6 heteroatoms. The van der Waals surface area contributed by atoms with Crippen molar-refractivity contribution in [3.63, 3.8) is 0 Å². The number of anilines is 1. The standard InChI is InChI=1S/C8H15N5O/c1-5(2)4-10-8(14)6-7(9)13(3)12-11-6/h5H,4,9H2,1-3H3,(H,10,14). The maximum atomic E-state index is 11.5. The Morgan fingerprint density at radius 1 is 1.64 bits per heavy atom. The summed E-state index contributed by atoms with van der Waals surface area (Å²) in [6.45, 7) is 4.63. The zero-order valence-corrected chi connectivity index (χ0v) is 8.61. The highest BCUT2D eigenvalue weighted by molar-refractivity contribution is 5.96.